The van der Waals surface area contributed by atoms with Gasteiger partial charge in [0.2, 0.25) is 5.91 Å². The van der Waals surface area contributed by atoms with E-state index in [1.807, 2.05) is 38.1 Å². The Morgan fingerprint density at radius 2 is 2.05 bits per heavy atom. The standard InChI is InChI=1S/C15H23NO3/c1-12-5-7-14(8-6-12)19-9-3-4-15(18)16-10-13(2)11-17/h5-8,13,17H,3-4,9-11H2,1-2H3,(H,16,18). The lowest BCUT2D eigenvalue weighted by Crippen LogP contribution is -2.29. The highest BCUT2D eigenvalue weighted by Gasteiger charge is 2.04. The van der Waals surface area contributed by atoms with E-state index in [-0.39, 0.29) is 18.4 Å². The van der Waals surface area contributed by atoms with Crippen molar-refractivity contribution < 1.29 is 14.6 Å². The summed E-state index contributed by atoms with van der Waals surface area (Å²) in [6.45, 7) is 5.07. The molecule has 0 fully saturated rings. The van der Waals surface area contributed by atoms with Gasteiger partial charge < -0.3 is 15.2 Å². The van der Waals surface area contributed by atoms with Crippen LogP contribution in [0.25, 0.3) is 0 Å². The summed E-state index contributed by atoms with van der Waals surface area (Å²) >= 11 is 0. The number of ether oxygens (including phenoxy) is 1. The molecule has 1 rings (SSSR count). The highest BCUT2D eigenvalue weighted by Crippen LogP contribution is 2.11. The fraction of sp³-hybridized carbons (Fsp3) is 0.533. The molecule has 4 heteroatoms. The van der Waals surface area contributed by atoms with Crippen molar-refractivity contribution in [1.82, 2.24) is 5.32 Å². The molecule has 0 aliphatic carbocycles. The van der Waals surface area contributed by atoms with Crippen molar-refractivity contribution in [1.29, 1.82) is 0 Å². The quantitative estimate of drug-likeness (QED) is 0.706. The smallest absolute Gasteiger partial charge is 0.220 e. The van der Waals surface area contributed by atoms with Crippen LogP contribution in [0.1, 0.15) is 25.3 Å². The van der Waals surface area contributed by atoms with E-state index in [2.05, 4.69) is 5.32 Å². The predicted molar refractivity (Wildman–Crippen MR) is 75.2 cm³/mol. The van der Waals surface area contributed by atoms with Crippen LogP contribution in [0.3, 0.4) is 0 Å². The van der Waals surface area contributed by atoms with Crippen molar-refractivity contribution in [2.45, 2.75) is 26.7 Å². The van der Waals surface area contributed by atoms with Crippen LogP contribution in [-0.2, 0) is 4.79 Å². The number of benzene rings is 1. The molecule has 19 heavy (non-hydrogen) atoms. The molecule has 0 aliphatic heterocycles. The summed E-state index contributed by atoms with van der Waals surface area (Å²) < 4.78 is 5.54. The molecule has 0 saturated heterocycles. The average molecular weight is 265 g/mol. The second kappa shape index (κ2) is 8.53. The summed E-state index contributed by atoms with van der Waals surface area (Å²) in [7, 11) is 0. The minimum Gasteiger partial charge on any atom is -0.494 e. The van der Waals surface area contributed by atoms with Gasteiger partial charge in [-0.3, -0.25) is 4.79 Å². The van der Waals surface area contributed by atoms with Gasteiger partial charge in [-0.25, -0.2) is 0 Å². The third-order valence-corrected chi connectivity index (χ3v) is 2.80. The van der Waals surface area contributed by atoms with E-state index in [0.717, 1.165) is 5.75 Å². The summed E-state index contributed by atoms with van der Waals surface area (Å²) in [5.41, 5.74) is 1.20. The monoisotopic (exact) mass is 265 g/mol. The van der Waals surface area contributed by atoms with Crippen LogP contribution >= 0.6 is 0 Å². The molecule has 0 spiro atoms. The van der Waals surface area contributed by atoms with E-state index >= 15 is 0 Å². The lowest BCUT2D eigenvalue weighted by atomic mass is 10.2. The molecule has 1 unspecified atom stereocenters. The number of carbonyl (C=O) groups is 1. The number of rotatable bonds is 8. The molecule has 1 aromatic rings. The molecule has 0 aromatic heterocycles. The third kappa shape index (κ3) is 6.82. The summed E-state index contributed by atoms with van der Waals surface area (Å²) in [5, 5.41) is 11.6. The first-order chi connectivity index (χ1) is 9.11. The zero-order valence-electron chi connectivity index (χ0n) is 11.7. The Labute approximate surface area is 114 Å². The normalized spacial score (nSPS) is 11.9. The Morgan fingerprint density at radius 3 is 2.68 bits per heavy atom. The molecular formula is C15H23NO3. The van der Waals surface area contributed by atoms with Crippen molar-refractivity contribution in [3.05, 3.63) is 29.8 Å². The van der Waals surface area contributed by atoms with E-state index in [4.69, 9.17) is 9.84 Å². The van der Waals surface area contributed by atoms with Gasteiger partial charge in [-0.2, -0.15) is 0 Å². The van der Waals surface area contributed by atoms with Crippen molar-refractivity contribution in [2.24, 2.45) is 5.92 Å². The maximum absolute atomic E-state index is 11.5. The van der Waals surface area contributed by atoms with Crippen LogP contribution in [-0.4, -0.2) is 30.8 Å². The third-order valence-electron chi connectivity index (χ3n) is 2.80. The highest BCUT2D eigenvalue weighted by molar-refractivity contribution is 5.75. The van der Waals surface area contributed by atoms with Crippen molar-refractivity contribution in [3.63, 3.8) is 0 Å². The molecule has 0 radical (unpaired) electrons. The van der Waals surface area contributed by atoms with E-state index in [0.29, 0.717) is 26.0 Å². The lowest BCUT2D eigenvalue weighted by Gasteiger charge is -2.10. The zero-order chi connectivity index (χ0) is 14.1. The van der Waals surface area contributed by atoms with Crippen molar-refractivity contribution in [2.75, 3.05) is 19.8 Å². The van der Waals surface area contributed by atoms with E-state index in [1.165, 1.54) is 5.56 Å². The minimum absolute atomic E-state index is 0.00723. The topological polar surface area (TPSA) is 58.6 Å². The van der Waals surface area contributed by atoms with Crippen LogP contribution in [0.15, 0.2) is 24.3 Å². The van der Waals surface area contributed by atoms with Crippen molar-refractivity contribution >= 4 is 5.91 Å². The molecule has 0 aliphatic rings. The second-order valence-corrected chi connectivity index (χ2v) is 4.86. The Balaban J connectivity index is 2.10. The molecule has 0 saturated carbocycles. The number of aliphatic hydroxyl groups excluding tert-OH is 1. The number of hydrogen-bond donors (Lipinski definition) is 2. The average Bonchev–Trinajstić information content (AvgIpc) is 2.42. The van der Waals surface area contributed by atoms with E-state index < -0.39 is 0 Å². The highest BCUT2D eigenvalue weighted by atomic mass is 16.5. The molecule has 0 heterocycles. The Morgan fingerprint density at radius 1 is 1.37 bits per heavy atom. The molecule has 106 valence electrons. The number of nitrogens with one attached hydrogen (secondary N) is 1. The summed E-state index contributed by atoms with van der Waals surface area (Å²) in [4.78, 5) is 11.5. The van der Waals surface area contributed by atoms with Gasteiger partial charge >= 0.3 is 0 Å². The molecule has 2 N–H and O–H groups in total. The number of carbonyl (C=O) groups excluding carboxylic acids is 1. The van der Waals surface area contributed by atoms with Crippen LogP contribution < -0.4 is 10.1 Å². The van der Waals surface area contributed by atoms with Gasteiger partial charge in [0.15, 0.2) is 0 Å². The first kappa shape index (κ1) is 15.5. The lowest BCUT2D eigenvalue weighted by molar-refractivity contribution is -0.121. The number of aryl methyl sites for hydroxylation is 1. The first-order valence-electron chi connectivity index (χ1n) is 6.69. The zero-order valence-corrected chi connectivity index (χ0v) is 11.7. The molecule has 4 nitrogen and oxygen atoms in total. The summed E-state index contributed by atoms with van der Waals surface area (Å²) in [5.74, 6) is 0.945. The van der Waals surface area contributed by atoms with Crippen LogP contribution in [0.5, 0.6) is 5.75 Å². The number of hydrogen-bond acceptors (Lipinski definition) is 3. The van der Waals surface area contributed by atoms with Gasteiger partial charge in [0.1, 0.15) is 5.75 Å². The Hall–Kier alpha value is -1.55. The van der Waals surface area contributed by atoms with Gasteiger partial charge in [0.05, 0.1) is 6.61 Å². The molecular weight excluding hydrogens is 242 g/mol. The fourth-order valence-electron chi connectivity index (χ4n) is 1.50. The Kier molecular flexibility index (Phi) is 6.97. The molecule has 1 atom stereocenters. The largest absolute Gasteiger partial charge is 0.494 e. The maximum atomic E-state index is 11.5. The molecule has 1 aromatic carbocycles. The minimum atomic E-state index is 0.00723. The predicted octanol–water partition coefficient (Wildman–Crippen LogP) is 1.90. The Bertz CT molecular complexity index is 375. The van der Waals surface area contributed by atoms with E-state index in [9.17, 15) is 4.79 Å². The van der Waals surface area contributed by atoms with Gasteiger partial charge in [0.25, 0.3) is 0 Å². The van der Waals surface area contributed by atoms with E-state index in [1.54, 1.807) is 0 Å². The van der Waals surface area contributed by atoms with Crippen molar-refractivity contribution in [3.8, 4) is 5.75 Å². The van der Waals surface area contributed by atoms with Crippen LogP contribution in [0.2, 0.25) is 0 Å². The maximum Gasteiger partial charge on any atom is 0.220 e. The van der Waals surface area contributed by atoms with Gasteiger partial charge in [0, 0.05) is 19.6 Å². The van der Waals surface area contributed by atoms with Crippen LogP contribution in [0.4, 0.5) is 0 Å². The van der Waals surface area contributed by atoms with Gasteiger partial charge in [-0.1, -0.05) is 24.6 Å². The first-order valence-corrected chi connectivity index (χ1v) is 6.69. The van der Waals surface area contributed by atoms with Gasteiger partial charge in [-0.05, 0) is 31.4 Å². The second-order valence-electron chi connectivity index (χ2n) is 4.86. The molecule has 1 amide bonds. The van der Waals surface area contributed by atoms with Gasteiger partial charge in [-0.15, -0.1) is 0 Å². The number of aliphatic hydroxyl groups is 1. The summed E-state index contributed by atoms with van der Waals surface area (Å²) in [6, 6.07) is 7.85. The SMILES string of the molecule is Cc1ccc(OCCCC(=O)NCC(C)CO)cc1. The van der Waals surface area contributed by atoms with Crippen LogP contribution in [0, 0.1) is 12.8 Å². The molecule has 0 bridgehead atoms. The number of amides is 1. The summed E-state index contributed by atoms with van der Waals surface area (Å²) in [6.07, 6.45) is 1.14. The fourth-order valence-corrected chi connectivity index (χ4v) is 1.50.